The Morgan fingerprint density at radius 2 is 2.06 bits per heavy atom. The van der Waals surface area contributed by atoms with Crippen molar-refractivity contribution in [2.75, 3.05) is 20.1 Å². The van der Waals surface area contributed by atoms with Crippen LogP contribution in [0.2, 0.25) is 0 Å². The maximum absolute atomic E-state index is 13.3. The van der Waals surface area contributed by atoms with Crippen LogP contribution in [0.5, 0.6) is 0 Å². The summed E-state index contributed by atoms with van der Waals surface area (Å²) in [5.41, 5.74) is 0.724. The minimum Gasteiger partial charge on any atom is -0.357 e. The van der Waals surface area contributed by atoms with Crippen molar-refractivity contribution < 1.29 is 4.39 Å². The summed E-state index contributed by atoms with van der Waals surface area (Å²) in [5.74, 6) is 0.599. The Labute approximate surface area is 95.8 Å². The molecule has 0 heterocycles. The molecular weight excluding hydrogens is 205 g/mol. The monoisotopic (exact) mass is 223 g/mol. The first kappa shape index (κ1) is 12.5. The van der Waals surface area contributed by atoms with E-state index in [1.54, 1.807) is 19.2 Å². The lowest BCUT2D eigenvalue weighted by molar-refractivity contribution is 0.607. The van der Waals surface area contributed by atoms with Crippen LogP contribution >= 0.6 is 0 Å². The van der Waals surface area contributed by atoms with Gasteiger partial charge in [0.05, 0.1) is 0 Å². The van der Waals surface area contributed by atoms with Gasteiger partial charge in [0.2, 0.25) is 0 Å². The van der Waals surface area contributed by atoms with Gasteiger partial charge in [0.25, 0.3) is 0 Å². The summed E-state index contributed by atoms with van der Waals surface area (Å²) in [7, 11) is 1.72. The molecule has 0 spiro atoms. The molecule has 16 heavy (non-hydrogen) atoms. The smallest absolute Gasteiger partial charge is 0.190 e. The average molecular weight is 223 g/mol. The Morgan fingerprint density at radius 1 is 1.31 bits per heavy atom. The number of hydrogen-bond donors (Lipinski definition) is 2. The summed E-state index contributed by atoms with van der Waals surface area (Å²) >= 11 is 0. The lowest BCUT2D eigenvalue weighted by Gasteiger charge is -2.10. The Kier molecular flexibility index (Phi) is 5.32. The second kappa shape index (κ2) is 6.82. The van der Waals surface area contributed by atoms with Crippen molar-refractivity contribution in [3.05, 3.63) is 35.6 Å². The van der Waals surface area contributed by atoms with Gasteiger partial charge < -0.3 is 10.6 Å². The maximum atomic E-state index is 13.3. The molecule has 0 aliphatic carbocycles. The van der Waals surface area contributed by atoms with Crippen molar-refractivity contribution in [2.45, 2.75) is 13.3 Å². The van der Waals surface area contributed by atoms with E-state index in [0.29, 0.717) is 13.0 Å². The topological polar surface area (TPSA) is 36.4 Å². The van der Waals surface area contributed by atoms with Crippen LogP contribution in [0.4, 0.5) is 4.39 Å². The van der Waals surface area contributed by atoms with Gasteiger partial charge in [-0.15, -0.1) is 0 Å². The fourth-order valence-corrected chi connectivity index (χ4v) is 1.40. The molecule has 88 valence electrons. The maximum Gasteiger partial charge on any atom is 0.190 e. The number of halogens is 1. The molecule has 0 unspecified atom stereocenters. The van der Waals surface area contributed by atoms with E-state index in [1.165, 1.54) is 6.07 Å². The molecule has 0 amide bonds. The van der Waals surface area contributed by atoms with E-state index in [0.717, 1.165) is 18.1 Å². The predicted octanol–water partition coefficient (Wildman–Crippen LogP) is 1.55. The summed E-state index contributed by atoms with van der Waals surface area (Å²) in [6, 6.07) is 6.82. The SMILES string of the molecule is CCNC(=NC)NCCc1ccccc1F. The highest BCUT2D eigenvalue weighted by Gasteiger charge is 2.00. The van der Waals surface area contributed by atoms with Gasteiger partial charge in [0, 0.05) is 20.1 Å². The van der Waals surface area contributed by atoms with Crippen LogP contribution < -0.4 is 10.6 Å². The highest BCUT2D eigenvalue weighted by Crippen LogP contribution is 2.05. The van der Waals surface area contributed by atoms with E-state index in [2.05, 4.69) is 15.6 Å². The summed E-state index contributed by atoms with van der Waals surface area (Å²) in [6.45, 7) is 3.49. The van der Waals surface area contributed by atoms with Gasteiger partial charge in [-0.3, -0.25) is 4.99 Å². The molecule has 0 radical (unpaired) electrons. The van der Waals surface area contributed by atoms with E-state index in [-0.39, 0.29) is 5.82 Å². The third kappa shape index (κ3) is 3.88. The van der Waals surface area contributed by atoms with Crippen molar-refractivity contribution in [3.8, 4) is 0 Å². The second-order valence-electron chi connectivity index (χ2n) is 3.37. The van der Waals surface area contributed by atoms with Crippen molar-refractivity contribution in [3.63, 3.8) is 0 Å². The van der Waals surface area contributed by atoms with Crippen LogP contribution in [0, 0.1) is 5.82 Å². The minimum atomic E-state index is -0.150. The quantitative estimate of drug-likeness (QED) is 0.600. The highest BCUT2D eigenvalue weighted by atomic mass is 19.1. The van der Waals surface area contributed by atoms with E-state index in [9.17, 15) is 4.39 Å². The first-order valence-corrected chi connectivity index (χ1v) is 5.45. The molecule has 0 fully saturated rings. The summed E-state index contributed by atoms with van der Waals surface area (Å²) in [5, 5.41) is 6.20. The lowest BCUT2D eigenvalue weighted by atomic mass is 10.1. The van der Waals surface area contributed by atoms with Gasteiger partial charge in [-0.1, -0.05) is 18.2 Å². The first-order chi connectivity index (χ1) is 7.77. The largest absolute Gasteiger partial charge is 0.357 e. The molecule has 4 heteroatoms. The van der Waals surface area contributed by atoms with Crippen molar-refractivity contribution >= 4 is 5.96 Å². The Balaban J connectivity index is 2.38. The molecule has 0 bridgehead atoms. The Bertz CT molecular complexity index is 350. The van der Waals surface area contributed by atoms with E-state index >= 15 is 0 Å². The molecular formula is C12H18FN3. The van der Waals surface area contributed by atoms with Crippen LogP contribution in [0.25, 0.3) is 0 Å². The third-order valence-corrected chi connectivity index (χ3v) is 2.21. The molecule has 1 aromatic carbocycles. The normalized spacial score (nSPS) is 11.3. The van der Waals surface area contributed by atoms with E-state index in [4.69, 9.17) is 0 Å². The van der Waals surface area contributed by atoms with E-state index in [1.807, 2.05) is 13.0 Å². The molecule has 0 aliphatic heterocycles. The van der Waals surface area contributed by atoms with Crippen LogP contribution in [-0.2, 0) is 6.42 Å². The van der Waals surface area contributed by atoms with Gasteiger partial charge >= 0.3 is 0 Å². The predicted molar refractivity (Wildman–Crippen MR) is 65.1 cm³/mol. The summed E-state index contributed by atoms with van der Waals surface area (Å²) in [4.78, 5) is 4.03. The standard InChI is InChI=1S/C12H18FN3/c1-3-15-12(14-2)16-9-8-10-6-4-5-7-11(10)13/h4-7H,3,8-9H2,1-2H3,(H2,14,15,16). The summed E-state index contributed by atoms with van der Waals surface area (Å²) in [6.07, 6.45) is 0.650. The van der Waals surface area contributed by atoms with Gasteiger partial charge in [-0.25, -0.2) is 4.39 Å². The number of nitrogens with zero attached hydrogens (tertiary/aromatic N) is 1. The zero-order valence-corrected chi connectivity index (χ0v) is 9.76. The van der Waals surface area contributed by atoms with Gasteiger partial charge in [-0.2, -0.15) is 0 Å². The number of hydrogen-bond acceptors (Lipinski definition) is 1. The fraction of sp³-hybridized carbons (Fsp3) is 0.417. The Hall–Kier alpha value is -1.58. The first-order valence-electron chi connectivity index (χ1n) is 5.45. The van der Waals surface area contributed by atoms with Crippen LogP contribution in [0.15, 0.2) is 29.3 Å². The van der Waals surface area contributed by atoms with Crippen LogP contribution in [-0.4, -0.2) is 26.1 Å². The molecule has 0 aromatic heterocycles. The van der Waals surface area contributed by atoms with Crippen LogP contribution in [0.1, 0.15) is 12.5 Å². The number of guanidine groups is 1. The zero-order chi connectivity index (χ0) is 11.8. The van der Waals surface area contributed by atoms with Gasteiger partial charge in [0.1, 0.15) is 5.82 Å². The van der Waals surface area contributed by atoms with Crippen molar-refractivity contribution in [2.24, 2.45) is 4.99 Å². The van der Waals surface area contributed by atoms with Gasteiger partial charge in [0.15, 0.2) is 5.96 Å². The minimum absolute atomic E-state index is 0.150. The molecule has 0 saturated carbocycles. The third-order valence-electron chi connectivity index (χ3n) is 2.21. The molecule has 3 nitrogen and oxygen atoms in total. The Morgan fingerprint density at radius 3 is 2.69 bits per heavy atom. The number of aliphatic imine (C=N–C) groups is 1. The molecule has 0 atom stereocenters. The molecule has 2 N–H and O–H groups in total. The highest BCUT2D eigenvalue weighted by molar-refractivity contribution is 5.79. The number of rotatable bonds is 4. The lowest BCUT2D eigenvalue weighted by Crippen LogP contribution is -2.38. The molecule has 0 saturated heterocycles. The number of nitrogens with one attached hydrogen (secondary N) is 2. The molecule has 1 rings (SSSR count). The number of benzene rings is 1. The molecule has 1 aromatic rings. The fourth-order valence-electron chi connectivity index (χ4n) is 1.40. The van der Waals surface area contributed by atoms with Crippen molar-refractivity contribution in [1.29, 1.82) is 0 Å². The molecule has 0 aliphatic rings. The van der Waals surface area contributed by atoms with E-state index < -0.39 is 0 Å². The van der Waals surface area contributed by atoms with Crippen molar-refractivity contribution in [1.82, 2.24) is 10.6 Å². The average Bonchev–Trinajstić information content (AvgIpc) is 2.30. The second-order valence-corrected chi connectivity index (χ2v) is 3.37. The van der Waals surface area contributed by atoms with Crippen LogP contribution in [0.3, 0.4) is 0 Å². The van der Waals surface area contributed by atoms with Gasteiger partial charge in [-0.05, 0) is 25.0 Å². The zero-order valence-electron chi connectivity index (χ0n) is 9.76. The summed E-state index contributed by atoms with van der Waals surface area (Å²) < 4.78 is 13.3.